The number of aliphatic hydroxyl groups is 1. The summed E-state index contributed by atoms with van der Waals surface area (Å²) in [6.45, 7) is 3.57. The zero-order valence-electron chi connectivity index (χ0n) is 10.4. The fourth-order valence-corrected chi connectivity index (χ4v) is 2.48. The van der Waals surface area contributed by atoms with Gasteiger partial charge in [-0.15, -0.1) is 0 Å². The fourth-order valence-electron chi connectivity index (χ4n) is 2.48. The van der Waals surface area contributed by atoms with Crippen LogP contribution in [0.4, 0.5) is 0 Å². The predicted octanol–water partition coefficient (Wildman–Crippen LogP) is -0.547. The number of hydrogen-bond donors (Lipinski definition) is 2. The number of nitrogens with one attached hydrogen (secondary N) is 1. The Bertz CT molecular complexity index is 273. The Morgan fingerprint density at radius 1 is 1.59 bits per heavy atom. The highest BCUT2D eigenvalue weighted by Gasteiger charge is 2.45. The molecule has 0 aromatic carbocycles. The molecule has 17 heavy (non-hydrogen) atoms. The van der Waals surface area contributed by atoms with Gasteiger partial charge >= 0.3 is 0 Å². The summed E-state index contributed by atoms with van der Waals surface area (Å²) in [5, 5.41) is 12.1. The highest BCUT2D eigenvalue weighted by atomic mass is 16.5. The molecule has 98 valence electrons. The molecule has 1 amide bonds. The lowest BCUT2D eigenvalue weighted by atomic mass is 9.86. The Labute approximate surface area is 102 Å². The van der Waals surface area contributed by atoms with Crippen molar-refractivity contribution in [2.24, 2.45) is 11.3 Å². The van der Waals surface area contributed by atoms with Gasteiger partial charge in [0, 0.05) is 13.1 Å². The molecule has 0 aromatic heterocycles. The quantitative estimate of drug-likeness (QED) is 0.679. The highest BCUT2D eigenvalue weighted by molar-refractivity contribution is 5.83. The summed E-state index contributed by atoms with van der Waals surface area (Å²) >= 11 is 0. The summed E-state index contributed by atoms with van der Waals surface area (Å²) in [5.74, 6) is 0.639. The van der Waals surface area contributed by atoms with Crippen LogP contribution in [-0.4, -0.2) is 62.4 Å². The number of carbonyl (C=O) groups excluding carboxylic acids is 1. The summed E-state index contributed by atoms with van der Waals surface area (Å²) in [5.41, 5.74) is -0.660. The van der Waals surface area contributed by atoms with E-state index in [2.05, 4.69) is 17.3 Å². The summed E-state index contributed by atoms with van der Waals surface area (Å²) in [4.78, 5) is 14.2. The number of nitrogens with zero attached hydrogens (tertiary/aromatic N) is 1. The third-order valence-electron chi connectivity index (χ3n) is 3.87. The van der Waals surface area contributed by atoms with Crippen LogP contribution in [0, 0.1) is 11.3 Å². The molecule has 0 spiro atoms. The van der Waals surface area contributed by atoms with Crippen LogP contribution in [0.1, 0.15) is 12.8 Å². The first-order valence-corrected chi connectivity index (χ1v) is 6.32. The third-order valence-corrected chi connectivity index (χ3v) is 3.87. The second-order valence-electron chi connectivity index (χ2n) is 5.39. The van der Waals surface area contributed by atoms with E-state index in [9.17, 15) is 9.90 Å². The van der Waals surface area contributed by atoms with E-state index < -0.39 is 5.41 Å². The van der Waals surface area contributed by atoms with E-state index in [1.165, 1.54) is 6.42 Å². The van der Waals surface area contributed by atoms with Crippen LogP contribution in [-0.2, 0) is 9.53 Å². The zero-order valence-corrected chi connectivity index (χ0v) is 10.4. The van der Waals surface area contributed by atoms with Gasteiger partial charge in [0.25, 0.3) is 0 Å². The summed E-state index contributed by atoms with van der Waals surface area (Å²) in [6.07, 6.45) is 2.25. The van der Waals surface area contributed by atoms with E-state index in [0.29, 0.717) is 25.7 Å². The Balaban J connectivity index is 1.66. The van der Waals surface area contributed by atoms with Gasteiger partial charge in [0.2, 0.25) is 5.91 Å². The first-order valence-electron chi connectivity index (χ1n) is 6.32. The van der Waals surface area contributed by atoms with Crippen LogP contribution in [0.25, 0.3) is 0 Å². The van der Waals surface area contributed by atoms with Crippen molar-refractivity contribution in [2.45, 2.75) is 12.8 Å². The molecule has 2 fully saturated rings. The minimum atomic E-state index is -0.660. The largest absolute Gasteiger partial charge is 0.395 e. The lowest BCUT2D eigenvalue weighted by Crippen LogP contribution is -2.56. The molecular weight excluding hydrogens is 220 g/mol. The average Bonchev–Trinajstić information content (AvgIpc) is 2.63. The Morgan fingerprint density at radius 3 is 2.82 bits per heavy atom. The number of aliphatic hydroxyl groups excluding tert-OH is 1. The maximum absolute atomic E-state index is 11.9. The van der Waals surface area contributed by atoms with Gasteiger partial charge in [0.05, 0.1) is 19.8 Å². The number of hydrogen-bond acceptors (Lipinski definition) is 4. The molecule has 2 aliphatic rings. The summed E-state index contributed by atoms with van der Waals surface area (Å²) < 4.78 is 5.02. The normalized spacial score (nSPS) is 27.8. The Morgan fingerprint density at radius 2 is 2.35 bits per heavy atom. The molecule has 5 nitrogen and oxygen atoms in total. The van der Waals surface area contributed by atoms with Crippen LogP contribution in [0.5, 0.6) is 0 Å². The van der Waals surface area contributed by atoms with E-state index in [1.807, 2.05) is 0 Å². The third kappa shape index (κ3) is 2.78. The fraction of sp³-hybridized carbons (Fsp3) is 0.917. The lowest BCUT2D eigenvalue weighted by molar-refractivity contribution is -0.170. The molecule has 0 radical (unpaired) electrons. The van der Waals surface area contributed by atoms with E-state index >= 15 is 0 Å². The zero-order chi connectivity index (χ0) is 12.3. The van der Waals surface area contributed by atoms with Gasteiger partial charge in [-0.3, -0.25) is 4.79 Å². The highest BCUT2D eigenvalue weighted by Crippen LogP contribution is 2.27. The number of amides is 1. The molecule has 2 aliphatic heterocycles. The van der Waals surface area contributed by atoms with Crippen molar-refractivity contribution < 1.29 is 14.6 Å². The molecule has 2 N–H and O–H groups in total. The van der Waals surface area contributed by atoms with Crippen LogP contribution >= 0.6 is 0 Å². The van der Waals surface area contributed by atoms with Crippen LogP contribution in [0.3, 0.4) is 0 Å². The molecule has 1 atom stereocenters. The van der Waals surface area contributed by atoms with Gasteiger partial charge in [0.15, 0.2) is 0 Å². The molecule has 1 unspecified atom stereocenters. The summed E-state index contributed by atoms with van der Waals surface area (Å²) in [6, 6.07) is 0. The Kier molecular flexibility index (Phi) is 4.01. The van der Waals surface area contributed by atoms with Crippen molar-refractivity contribution >= 4 is 5.91 Å². The topological polar surface area (TPSA) is 61.8 Å². The molecular formula is C12H22N2O3. The van der Waals surface area contributed by atoms with Crippen molar-refractivity contribution in [2.75, 3.05) is 46.5 Å². The molecule has 2 heterocycles. The molecule has 0 aliphatic carbocycles. The van der Waals surface area contributed by atoms with Gasteiger partial charge in [-0.2, -0.15) is 0 Å². The molecule has 0 aromatic rings. The average molecular weight is 242 g/mol. The monoisotopic (exact) mass is 242 g/mol. The van der Waals surface area contributed by atoms with Crippen molar-refractivity contribution in [1.82, 2.24) is 10.2 Å². The molecule has 0 saturated carbocycles. The number of likely N-dealkylation sites (tertiary alicyclic amines) is 1. The maximum atomic E-state index is 11.9. The first kappa shape index (κ1) is 12.8. The van der Waals surface area contributed by atoms with Gasteiger partial charge in [-0.1, -0.05) is 0 Å². The van der Waals surface area contributed by atoms with E-state index in [4.69, 9.17) is 4.74 Å². The summed E-state index contributed by atoms with van der Waals surface area (Å²) in [7, 11) is 2.13. The second kappa shape index (κ2) is 5.33. The maximum Gasteiger partial charge on any atom is 0.233 e. The van der Waals surface area contributed by atoms with Crippen LogP contribution < -0.4 is 5.32 Å². The van der Waals surface area contributed by atoms with Gasteiger partial charge in [-0.05, 0) is 32.4 Å². The number of carbonyl (C=O) groups is 1. The molecule has 2 rings (SSSR count). The number of ether oxygens (including phenoxy) is 1. The predicted molar refractivity (Wildman–Crippen MR) is 63.6 cm³/mol. The van der Waals surface area contributed by atoms with Crippen molar-refractivity contribution in [3.05, 3.63) is 0 Å². The minimum Gasteiger partial charge on any atom is -0.395 e. The second-order valence-corrected chi connectivity index (χ2v) is 5.39. The van der Waals surface area contributed by atoms with E-state index in [1.54, 1.807) is 0 Å². The standard InChI is InChI=1S/C12H22N2O3/c1-14-5-3-10(6-14)2-4-13-11(16)12(7-15)8-17-9-12/h10,15H,2-9H2,1H3,(H,13,16). The van der Waals surface area contributed by atoms with Crippen molar-refractivity contribution in [3.63, 3.8) is 0 Å². The Hall–Kier alpha value is -0.650. The van der Waals surface area contributed by atoms with Crippen LogP contribution in [0.2, 0.25) is 0 Å². The SMILES string of the molecule is CN1CCC(CCNC(=O)C2(CO)COC2)C1. The van der Waals surface area contributed by atoms with Crippen molar-refractivity contribution in [1.29, 1.82) is 0 Å². The first-order chi connectivity index (χ1) is 8.16. The van der Waals surface area contributed by atoms with E-state index in [-0.39, 0.29) is 12.5 Å². The van der Waals surface area contributed by atoms with Crippen molar-refractivity contribution in [3.8, 4) is 0 Å². The number of rotatable bonds is 5. The smallest absolute Gasteiger partial charge is 0.233 e. The van der Waals surface area contributed by atoms with Gasteiger partial charge < -0.3 is 20.1 Å². The van der Waals surface area contributed by atoms with Gasteiger partial charge in [-0.25, -0.2) is 0 Å². The molecule has 0 bridgehead atoms. The molecule has 2 saturated heterocycles. The van der Waals surface area contributed by atoms with E-state index in [0.717, 1.165) is 19.5 Å². The minimum absolute atomic E-state index is 0.0578. The van der Waals surface area contributed by atoms with Gasteiger partial charge in [0.1, 0.15) is 5.41 Å². The molecule has 5 heteroatoms. The van der Waals surface area contributed by atoms with Crippen LogP contribution in [0.15, 0.2) is 0 Å². The lowest BCUT2D eigenvalue weighted by Gasteiger charge is -2.38.